The number of rotatable bonds is 3. The highest BCUT2D eigenvalue weighted by Crippen LogP contribution is 2.24. The largest absolute Gasteiger partial charge is 0.502 e. The van der Waals surface area contributed by atoms with Crippen LogP contribution in [-0.4, -0.2) is 45.8 Å². The predicted molar refractivity (Wildman–Crippen MR) is 112 cm³/mol. The normalized spacial score (nSPS) is 18.8. The molecular weight excluding hydrogens is 403 g/mol. The van der Waals surface area contributed by atoms with E-state index in [2.05, 4.69) is 5.32 Å². The molecule has 1 aromatic heterocycles. The number of nitrogens with zero attached hydrogens (tertiary/aromatic N) is 3. The molecule has 0 saturated heterocycles. The summed E-state index contributed by atoms with van der Waals surface area (Å²) in [6.45, 7) is 4.20. The van der Waals surface area contributed by atoms with Crippen LogP contribution in [0.25, 0.3) is 0 Å². The number of halogens is 1. The quantitative estimate of drug-likeness (QED) is 0.728. The number of benzene rings is 1. The molecule has 31 heavy (non-hydrogen) atoms. The van der Waals surface area contributed by atoms with Crippen LogP contribution in [0.15, 0.2) is 41.3 Å². The minimum absolute atomic E-state index is 0.0506. The van der Waals surface area contributed by atoms with Gasteiger partial charge in [-0.15, -0.1) is 0 Å². The van der Waals surface area contributed by atoms with Gasteiger partial charge in [-0.2, -0.15) is 0 Å². The Morgan fingerprint density at radius 3 is 2.81 bits per heavy atom. The lowest BCUT2D eigenvalue weighted by atomic mass is 10.1. The number of fused-ring (bicyclic) bond motifs is 4. The zero-order valence-corrected chi connectivity index (χ0v) is 17.3. The molecule has 0 radical (unpaired) electrons. The number of amides is 2. The molecule has 2 aliphatic heterocycles. The van der Waals surface area contributed by atoms with Crippen molar-refractivity contribution >= 4 is 11.8 Å². The molecule has 162 valence electrons. The maximum absolute atomic E-state index is 14.1. The van der Waals surface area contributed by atoms with Crippen LogP contribution in [-0.2, 0) is 6.54 Å². The van der Waals surface area contributed by atoms with Crippen molar-refractivity contribution in [2.45, 2.75) is 32.9 Å². The van der Waals surface area contributed by atoms with Crippen LogP contribution in [0.3, 0.4) is 0 Å². The fourth-order valence-corrected chi connectivity index (χ4v) is 3.79. The second-order valence-electron chi connectivity index (χ2n) is 7.86. The molecule has 0 saturated carbocycles. The van der Waals surface area contributed by atoms with Gasteiger partial charge in [0.15, 0.2) is 11.4 Å². The molecule has 2 aromatic rings. The van der Waals surface area contributed by atoms with Crippen LogP contribution >= 0.6 is 0 Å². The van der Waals surface area contributed by atoms with E-state index in [0.29, 0.717) is 13.0 Å². The first kappa shape index (κ1) is 20.6. The van der Waals surface area contributed by atoms with Gasteiger partial charge in [0.2, 0.25) is 5.43 Å². The number of aromatic nitrogens is 1. The number of hydrogen-bond acceptors (Lipinski definition) is 5. The molecule has 0 unspecified atom stereocenters. The van der Waals surface area contributed by atoms with Gasteiger partial charge in [-0.05, 0) is 31.9 Å². The maximum Gasteiger partial charge on any atom is 0.278 e. The maximum atomic E-state index is 14.1. The van der Waals surface area contributed by atoms with Gasteiger partial charge in [0.1, 0.15) is 18.0 Å². The fourth-order valence-electron chi connectivity index (χ4n) is 3.79. The van der Waals surface area contributed by atoms with Gasteiger partial charge in [0.05, 0.1) is 0 Å². The first-order chi connectivity index (χ1) is 14.8. The summed E-state index contributed by atoms with van der Waals surface area (Å²) in [5, 5.41) is 14.9. The molecule has 0 spiro atoms. The Labute approximate surface area is 178 Å². The van der Waals surface area contributed by atoms with Crippen LogP contribution in [0.4, 0.5) is 4.39 Å². The van der Waals surface area contributed by atoms with Gasteiger partial charge >= 0.3 is 0 Å². The summed E-state index contributed by atoms with van der Waals surface area (Å²) in [7, 11) is 0. The molecule has 2 amide bonds. The SMILES string of the molecule is Cc1ccc(CNC(=O)c2cn3c(c(O)c2=O)C(=O)N2C/C=C\C[C@H](C)N3C2)c(F)c1. The molecule has 4 rings (SSSR count). The van der Waals surface area contributed by atoms with Crippen molar-refractivity contribution < 1.29 is 19.1 Å². The van der Waals surface area contributed by atoms with E-state index in [4.69, 9.17) is 0 Å². The minimum Gasteiger partial charge on any atom is -0.502 e. The van der Waals surface area contributed by atoms with Gasteiger partial charge in [0.25, 0.3) is 11.8 Å². The van der Waals surface area contributed by atoms with Gasteiger partial charge < -0.3 is 15.3 Å². The monoisotopic (exact) mass is 426 g/mol. The van der Waals surface area contributed by atoms with Crippen LogP contribution in [0, 0.1) is 12.7 Å². The first-order valence-electron chi connectivity index (χ1n) is 10.0. The Balaban J connectivity index is 1.69. The van der Waals surface area contributed by atoms with E-state index < -0.39 is 28.8 Å². The van der Waals surface area contributed by atoms with Crippen molar-refractivity contribution in [3.05, 3.63) is 75.0 Å². The van der Waals surface area contributed by atoms with Gasteiger partial charge in [-0.3, -0.25) is 24.1 Å². The summed E-state index contributed by atoms with van der Waals surface area (Å²) < 4.78 is 15.4. The number of hydrogen-bond donors (Lipinski definition) is 2. The van der Waals surface area contributed by atoms with E-state index in [9.17, 15) is 23.9 Å². The van der Waals surface area contributed by atoms with E-state index in [1.54, 1.807) is 19.1 Å². The lowest BCUT2D eigenvalue weighted by Crippen LogP contribution is -2.58. The third kappa shape index (κ3) is 3.67. The lowest BCUT2D eigenvalue weighted by molar-refractivity contribution is 0.0694. The number of pyridine rings is 1. The van der Waals surface area contributed by atoms with Crippen LogP contribution in [0.1, 0.15) is 45.3 Å². The molecule has 3 heterocycles. The molecular formula is C22H23FN4O4. The summed E-state index contributed by atoms with van der Waals surface area (Å²) in [5.74, 6) is -2.48. The second-order valence-corrected chi connectivity index (χ2v) is 7.86. The topological polar surface area (TPSA) is 94.9 Å². The molecule has 0 fully saturated rings. The highest BCUT2D eigenvalue weighted by atomic mass is 19.1. The Hall–Kier alpha value is -3.62. The number of nitrogens with one attached hydrogen (secondary N) is 1. The molecule has 8 nitrogen and oxygen atoms in total. The van der Waals surface area contributed by atoms with E-state index in [1.807, 2.05) is 24.1 Å². The standard InChI is InChI=1S/C22H23FN4O4/c1-13-6-7-15(17(23)9-13)10-24-21(30)16-11-26-18(20(29)19(16)28)22(31)25-8-4-3-5-14(2)27(26)12-25/h3-4,6-7,9,11,14,29H,5,8,10,12H2,1-2H3,(H,24,30)/b4-3-/t14-/m0/s1. The van der Waals surface area contributed by atoms with Crippen LogP contribution in [0.5, 0.6) is 5.75 Å². The minimum atomic E-state index is -0.941. The average Bonchev–Trinajstić information content (AvgIpc) is 2.72. The first-order valence-corrected chi connectivity index (χ1v) is 10.0. The summed E-state index contributed by atoms with van der Waals surface area (Å²) in [6, 6.07) is 4.59. The van der Waals surface area contributed by atoms with Crippen molar-refractivity contribution in [1.82, 2.24) is 14.9 Å². The van der Waals surface area contributed by atoms with E-state index in [1.165, 1.54) is 21.8 Å². The molecule has 9 heteroatoms. The zero-order valence-electron chi connectivity index (χ0n) is 17.3. The van der Waals surface area contributed by atoms with Crippen molar-refractivity contribution in [3.63, 3.8) is 0 Å². The van der Waals surface area contributed by atoms with E-state index >= 15 is 0 Å². The molecule has 2 bridgehead atoms. The number of aryl methyl sites for hydroxylation is 1. The number of carbonyl (C=O) groups is 2. The fraction of sp³-hybridized carbons (Fsp3) is 0.318. The molecule has 0 aliphatic carbocycles. The van der Waals surface area contributed by atoms with Crippen LogP contribution in [0.2, 0.25) is 0 Å². The highest BCUT2D eigenvalue weighted by molar-refractivity contribution is 5.99. The van der Waals surface area contributed by atoms with Gasteiger partial charge in [-0.1, -0.05) is 24.3 Å². The lowest BCUT2D eigenvalue weighted by Gasteiger charge is -2.43. The van der Waals surface area contributed by atoms with E-state index in [-0.39, 0.29) is 36.1 Å². The summed E-state index contributed by atoms with van der Waals surface area (Å²) in [6.07, 6.45) is 5.81. The Morgan fingerprint density at radius 1 is 1.29 bits per heavy atom. The van der Waals surface area contributed by atoms with Crippen molar-refractivity contribution in [2.75, 3.05) is 18.2 Å². The zero-order chi connectivity index (χ0) is 22.3. The van der Waals surface area contributed by atoms with Crippen molar-refractivity contribution in [1.29, 1.82) is 0 Å². The number of aromatic hydroxyl groups is 1. The van der Waals surface area contributed by atoms with Crippen molar-refractivity contribution in [2.24, 2.45) is 0 Å². The summed E-state index contributed by atoms with van der Waals surface area (Å²) in [4.78, 5) is 39.8. The Bertz CT molecular complexity index is 1160. The van der Waals surface area contributed by atoms with Crippen LogP contribution < -0.4 is 15.8 Å². The summed E-state index contributed by atoms with van der Waals surface area (Å²) in [5.41, 5.74) is -0.402. The third-order valence-electron chi connectivity index (χ3n) is 5.62. The molecule has 1 aromatic carbocycles. The average molecular weight is 426 g/mol. The Kier molecular flexibility index (Phi) is 5.26. The highest BCUT2D eigenvalue weighted by Gasteiger charge is 2.35. The van der Waals surface area contributed by atoms with E-state index in [0.717, 1.165) is 5.56 Å². The van der Waals surface area contributed by atoms with Gasteiger partial charge in [-0.25, -0.2) is 4.39 Å². The second kappa shape index (κ2) is 7.90. The molecule has 2 N–H and O–H groups in total. The third-order valence-corrected chi connectivity index (χ3v) is 5.62. The molecule has 2 aliphatic rings. The predicted octanol–water partition coefficient (Wildman–Crippen LogP) is 1.63. The van der Waals surface area contributed by atoms with Gasteiger partial charge in [0, 0.05) is 30.9 Å². The Morgan fingerprint density at radius 2 is 2.06 bits per heavy atom. The number of carbonyl (C=O) groups excluding carboxylic acids is 2. The molecule has 1 atom stereocenters. The summed E-state index contributed by atoms with van der Waals surface area (Å²) >= 11 is 0. The van der Waals surface area contributed by atoms with Crippen molar-refractivity contribution in [3.8, 4) is 5.75 Å². The smallest absolute Gasteiger partial charge is 0.278 e.